The van der Waals surface area contributed by atoms with Gasteiger partial charge in [-0.2, -0.15) is 0 Å². The van der Waals surface area contributed by atoms with Crippen LogP contribution in [-0.2, 0) is 19.4 Å². The molecule has 0 unspecified atom stereocenters. The van der Waals surface area contributed by atoms with Crippen LogP contribution in [0.1, 0.15) is 12.2 Å². The molecule has 0 bridgehead atoms. The summed E-state index contributed by atoms with van der Waals surface area (Å²) in [4.78, 5) is 23.5. The van der Waals surface area contributed by atoms with Gasteiger partial charge in [0.1, 0.15) is 5.76 Å². The maximum atomic E-state index is 12.0. The number of hydrogen-bond donors (Lipinski definition) is 2. The Kier molecular flexibility index (Phi) is 5.69. The number of nitrogens with one attached hydrogen (secondary N) is 2. The van der Waals surface area contributed by atoms with Crippen molar-refractivity contribution in [3.63, 3.8) is 0 Å². The number of rotatable bonds is 7. The lowest BCUT2D eigenvalue weighted by Crippen LogP contribution is -2.33. The predicted molar refractivity (Wildman–Crippen MR) is 86.0 cm³/mol. The number of amides is 2. The number of hydrogen-bond acceptors (Lipinski definition) is 6. The summed E-state index contributed by atoms with van der Waals surface area (Å²) < 4.78 is 28.9. The summed E-state index contributed by atoms with van der Waals surface area (Å²) in [6, 6.07) is 9.42. The van der Waals surface area contributed by atoms with Crippen LogP contribution >= 0.6 is 0 Å². The van der Waals surface area contributed by atoms with Gasteiger partial charge < -0.3 is 15.2 Å². The maximum absolute atomic E-state index is 12.0. The average Bonchev–Trinajstić information content (AvgIpc) is 2.97. The first-order chi connectivity index (χ1) is 11.4. The molecule has 8 nitrogen and oxygen atoms in total. The second-order valence-corrected chi connectivity index (χ2v) is 7.14. The van der Waals surface area contributed by atoms with E-state index in [1.807, 2.05) is 0 Å². The van der Waals surface area contributed by atoms with Crippen molar-refractivity contribution in [1.29, 1.82) is 0 Å². The van der Waals surface area contributed by atoms with E-state index in [2.05, 4.69) is 15.8 Å². The molecule has 2 amide bonds. The number of anilines is 1. The molecule has 24 heavy (non-hydrogen) atoms. The summed E-state index contributed by atoms with van der Waals surface area (Å²) >= 11 is 0. The highest BCUT2D eigenvalue weighted by molar-refractivity contribution is 7.91. The number of carbonyl (C=O) groups excluding carboxylic acids is 2. The van der Waals surface area contributed by atoms with Crippen molar-refractivity contribution in [2.75, 3.05) is 17.6 Å². The smallest absolute Gasteiger partial charge is 0.245 e. The van der Waals surface area contributed by atoms with Gasteiger partial charge in [-0.25, -0.2) is 8.42 Å². The van der Waals surface area contributed by atoms with Crippen molar-refractivity contribution in [2.24, 2.45) is 0 Å². The molecule has 0 radical (unpaired) electrons. The minimum atomic E-state index is -3.52. The van der Waals surface area contributed by atoms with Crippen LogP contribution in [0.2, 0.25) is 0 Å². The van der Waals surface area contributed by atoms with E-state index < -0.39 is 21.7 Å². The molecular formula is C15H17N3O5S. The highest BCUT2D eigenvalue weighted by Crippen LogP contribution is 2.11. The van der Waals surface area contributed by atoms with E-state index in [0.717, 1.165) is 0 Å². The molecule has 0 aliphatic carbocycles. The van der Waals surface area contributed by atoms with E-state index in [0.29, 0.717) is 5.76 Å². The van der Waals surface area contributed by atoms with Gasteiger partial charge in [-0.05, 0) is 19.1 Å². The summed E-state index contributed by atoms with van der Waals surface area (Å²) in [5.74, 6) is -0.546. The highest BCUT2D eigenvalue weighted by Gasteiger charge is 2.16. The van der Waals surface area contributed by atoms with Crippen molar-refractivity contribution in [1.82, 2.24) is 10.5 Å². The van der Waals surface area contributed by atoms with Crippen LogP contribution in [0.25, 0.3) is 0 Å². The molecule has 1 aromatic heterocycles. The Balaban J connectivity index is 1.76. The normalized spacial score (nSPS) is 11.0. The van der Waals surface area contributed by atoms with E-state index in [9.17, 15) is 18.0 Å². The zero-order chi connectivity index (χ0) is 17.6. The lowest BCUT2D eigenvalue weighted by molar-refractivity contribution is -0.123. The van der Waals surface area contributed by atoms with Crippen molar-refractivity contribution >= 4 is 27.5 Å². The molecule has 1 aromatic carbocycles. The van der Waals surface area contributed by atoms with Gasteiger partial charge in [0.05, 0.1) is 17.2 Å². The van der Waals surface area contributed by atoms with E-state index in [1.165, 1.54) is 18.2 Å². The van der Waals surface area contributed by atoms with E-state index in [4.69, 9.17) is 4.52 Å². The number of nitrogens with zero attached hydrogens (tertiary/aromatic N) is 1. The Bertz CT molecular complexity index is 815. The van der Waals surface area contributed by atoms with Crippen LogP contribution in [0.4, 0.5) is 5.82 Å². The molecule has 1 heterocycles. The summed E-state index contributed by atoms with van der Waals surface area (Å²) in [6.45, 7) is 1.40. The average molecular weight is 351 g/mol. The standard InChI is InChI=1S/C15H17N3O5S/c1-11-9-13(18-23-11)17-15(20)10-16-14(19)7-8-24(21,22)12-5-3-2-4-6-12/h2-6,9H,7-8,10H2,1H3,(H,16,19)(H,17,18,20). The molecule has 0 saturated heterocycles. The third kappa shape index (κ3) is 5.20. The molecule has 128 valence electrons. The molecule has 0 fully saturated rings. The van der Waals surface area contributed by atoms with Gasteiger partial charge in [-0.3, -0.25) is 9.59 Å². The third-order valence-corrected chi connectivity index (χ3v) is 4.77. The molecule has 0 aliphatic rings. The monoisotopic (exact) mass is 351 g/mol. The lowest BCUT2D eigenvalue weighted by atomic mass is 10.4. The first kappa shape index (κ1) is 17.7. The molecule has 0 aliphatic heterocycles. The minimum absolute atomic E-state index is 0.164. The highest BCUT2D eigenvalue weighted by atomic mass is 32.2. The van der Waals surface area contributed by atoms with Gasteiger partial charge in [0.2, 0.25) is 11.8 Å². The van der Waals surface area contributed by atoms with E-state index in [1.54, 1.807) is 25.1 Å². The predicted octanol–water partition coefficient (Wildman–Crippen LogP) is 0.902. The van der Waals surface area contributed by atoms with Gasteiger partial charge >= 0.3 is 0 Å². The topological polar surface area (TPSA) is 118 Å². The third-order valence-electron chi connectivity index (χ3n) is 3.04. The Labute approximate surface area is 139 Å². The SMILES string of the molecule is Cc1cc(NC(=O)CNC(=O)CCS(=O)(=O)c2ccccc2)no1. The van der Waals surface area contributed by atoms with Crippen LogP contribution < -0.4 is 10.6 Å². The van der Waals surface area contributed by atoms with Gasteiger partial charge in [-0.1, -0.05) is 23.4 Å². The summed E-state index contributed by atoms with van der Waals surface area (Å²) in [7, 11) is -3.52. The van der Waals surface area contributed by atoms with Crippen molar-refractivity contribution in [3.05, 3.63) is 42.2 Å². The number of carbonyl (C=O) groups is 2. The summed E-state index contributed by atoms with van der Waals surface area (Å²) in [6.07, 6.45) is -0.229. The van der Waals surface area contributed by atoms with Crippen LogP contribution in [0.5, 0.6) is 0 Å². The van der Waals surface area contributed by atoms with E-state index >= 15 is 0 Å². The van der Waals surface area contributed by atoms with E-state index in [-0.39, 0.29) is 29.4 Å². The second-order valence-electron chi connectivity index (χ2n) is 5.03. The van der Waals surface area contributed by atoms with Gasteiger partial charge in [0.15, 0.2) is 15.7 Å². The maximum Gasteiger partial charge on any atom is 0.245 e. The fraction of sp³-hybridized carbons (Fsp3) is 0.267. The number of aromatic nitrogens is 1. The van der Waals surface area contributed by atoms with Crippen LogP contribution in [0.3, 0.4) is 0 Å². The summed E-state index contributed by atoms with van der Waals surface area (Å²) in [5, 5.41) is 8.39. The molecule has 2 aromatic rings. The van der Waals surface area contributed by atoms with Gasteiger partial charge in [0.25, 0.3) is 0 Å². The Morgan fingerprint density at radius 3 is 2.50 bits per heavy atom. The Morgan fingerprint density at radius 1 is 1.17 bits per heavy atom. The summed E-state index contributed by atoms with van der Waals surface area (Å²) in [5.41, 5.74) is 0. The fourth-order valence-electron chi connectivity index (χ4n) is 1.85. The van der Waals surface area contributed by atoms with Crippen molar-refractivity contribution in [3.8, 4) is 0 Å². The minimum Gasteiger partial charge on any atom is -0.360 e. The molecule has 9 heteroatoms. The lowest BCUT2D eigenvalue weighted by Gasteiger charge is -2.06. The molecule has 0 atom stereocenters. The zero-order valence-electron chi connectivity index (χ0n) is 13.0. The van der Waals surface area contributed by atoms with Crippen molar-refractivity contribution in [2.45, 2.75) is 18.2 Å². The molecule has 0 spiro atoms. The number of sulfone groups is 1. The molecule has 2 rings (SSSR count). The molecular weight excluding hydrogens is 334 g/mol. The van der Waals surface area contributed by atoms with Gasteiger partial charge in [-0.15, -0.1) is 0 Å². The van der Waals surface area contributed by atoms with Crippen LogP contribution in [0, 0.1) is 6.92 Å². The first-order valence-electron chi connectivity index (χ1n) is 7.14. The quantitative estimate of drug-likeness (QED) is 0.765. The Hall–Kier alpha value is -2.68. The fourth-order valence-corrected chi connectivity index (χ4v) is 3.11. The Morgan fingerprint density at radius 2 is 1.88 bits per heavy atom. The van der Waals surface area contributed by atoms with Crippen molar-refractivity contribution < 1.29 is 22.5 Å². The van der Waals surface area contributed by atoms with Gasteiger partial charge in [0, 0.05) is 12.5 Å². The number of benzene rings is 1. The molecule has 2 N–H and O–H groups in total. The van der Waals surface area contributed by atoms with Crippen LogP contribution in [0.15, 0.2) is 45.8 Å². The first-order valence-corrected chi connectivity index (χ1v) is 8.80. The largest absolute Gasteiger partial charge is 0.360 e. The second kappa shape index (κ2) is 7.73. The number of aryl methyl sites for hydroxylation is 1. The zero-order valence-corrected chi connectivity index (χ0v) is 13.8. The molecule has 0 saturated carbocycles. The van der Waals surface area contributed by atoms with Crippen LogP contribution in [-0.4, -0.2) is 37.7 Å².